The lowest BCUT2D eigenvalue weighted by molar-refractivity contribution is 0.0376. The van der Waals surface area contributed by atoms with E-state index in [0.717, 1.165) is 84.3 Å². The Kier molecular flexibility index (Phi) is 5.10. The Hall–Kier alpha value is -3.34. The van der Waals surface area contributed by atoms with E-state index < -0.39 is 0 Å². The summed E-state index contributed by atoms with van der Waals surface area (Å²) in [6, 6.07) is 8.24. The molecule has 0 amide bonds. The monoisotopic (exact) mass is 400 g/mol. The van der Waals surface area contributed by atoms with Gasteiger partial charge in [0.15, 0.2) is 5.82 Å². The Balaban J connectivity index is 1.43. The minimum absolute atomic E-state index is 0.488. The zero-order valence-corrected chi connectivity index (χ0v) is 16.7. The number of hydrogen-bond acceptors (Lipinski definition) is 5. The first-order chi connectivity index (χ1) is 14.8. The summed E-state index contributed by atoms with van der Waals surface area (Å²) < 4.78 is 5.40. The van der Waals surface area contributed by atoms with E-state index in [2.05, 4.69) is 49.0 Å². The number of H-pyrrole nitrogens is 2. The second-order valence-electron chi connectivity index (χ2n) is 7.51. The van der Waals surface area contributed by atoms with Crippen molar-refractivity contribution in [2.45, 2.75) is 12.8 Å². The highest BCUT2D eigenvalue weighted by Crippen LogP contribution is 2.32. The van der Waals surface area contributed by atoms with Crippen LogP contribution in [0, 0.1) is 11.8 Å². The highest BCUT2D eigenvalue weighted by atomic mass is 16.5. The fraction of sp³-hybridized carbons (Fsp3) is 0.304. The largest absolute Gasteiger partial charge is 0.382 e. The average Bonchev–Trinajstić information content (AvgIpc) is 3.41. The lowest BCUT2D eigenvalue weighted by Crippen LogP contribution is -2.36. The van der Waals surface area contributed by atoms with Gasteiger partial charge in [-0.2, -0.15) is 5.10 Å². The smallest absolute Gasteiger partial charge is 0.153 e. The van der Waals surface area contributed by atoms with Crippen LogP contribution in [-0.2, 0) is 4.74 Å². The number of benzene rings is 1. The van der Waals surface area contributed by atoms with Crippen LogP contribution in [0.25, 0.3) is 33.1 Å². The van der Waals surface area contributed by atoms with Crippen molar-refractivity contribution in [1.29, 1.82) is 0 Å². The molecule has 30 heavy (non-hydrogen) atoms. The van der Waals surface area contributed by atoms with E-state index in [1.165, 1.54) is 0 Å². The number of morpholine rings is 1. The summed E-state index contributed by atoms with van der Waals surface area (Å²) in [5.41, 5.74) is 10.9. The van der Waals surface area contributed by atoms with Gasteiger partial charge in [-0.15, -0.1) is 0 Å². The van der Waals surface area contributed by atoms with Gasteiger partial charge < -0.3 is 15.5 Å². The van der Waals surface area contributed by atoms with Gasteiger partial charge in [-0.3, -0.25) is 10.00 Å². The number of aromatic amines is 2. The predicted octanol–water partition coefficient (Wildman–Crippen LogP) is 3.15. The minimum Gasteiger partial charge on any atom is -0.382 e. The Morgan fingerprint density at radius 3 is 2.97 bits per heavy atom. The SMILES string of the molecule is Nc1n[nH]c2c(C#CCCCN3CCOCC3)cc(-c3ccnc4[nH]ccc34)cc12. The minimum atomic E-state index is 0.488. The van der Waals surface area contributed by atoms with E-state index in [1.807, 2.05) is 24.5 Å². The summed E-state index contributed by atoms with van der Waals surface area (Å²) in [6.45, 7) is 4.77. The predicted molar refractivity (Wildman–Crippen MR) is 119 cm³/mol. The normalized spacial score (nSPS) is 14.8. The number of nitrogen functional groups attached to an aromatic ring is 1. The molecular weight excluding hydrogens is 376 g/mol. The van der Waals surface area contributed by atoms with Crippen molar-refractivity contribution in [3.8, 4) is 23.0 Å². The molecule has 152 valence electrons. The lowest BCUT2D eigenvalue weighted by Gasteiger charge is -2.26. The number of ether oxygens (including phenoxy) is 1. The fourth-order valence-corrected chi connectivity index (χ4v) is 3.98. The molecule has 1 aliphatic rings. The molecule has 1 aliphatic heterocycles. The molecular formula is C23H24N6O. The molecule has 4 aromatic rings. The summed E-state index contributed by atoms with van der Waals surface area (Å²) in [5.74, 6) is 7.17. The maximum atomic E-state index is 6.12. The van der Waals surface area contributed by atoms with E-state index in [-0.39, 0.29) is 0 Å². The molecule has 3 aromatic heterocycles. The Morgan fingerprint density at radius 2 is 2.07 bits per heavy atom. The number of nitrogens with one attached hydrogen (secondary N) is 2. The van der Waals surface area contributed by atoms with Crippen molar-refractivity contribution in [3.05, 3.63) is 42.2 Å². The Bertz CT molecular complexity index is 1240. The summed E-state index contributed by atoms with van der Waals surface area (Å²) in [6.07, 6.45) is 5.62. The van der Waals surface area contributed by atoms with E-state index in [4.69, 9.17) is 10.5 Å². The first-order valence-electron chi connectivity index (χ1n) is 10.3. The number of anilines is 1. The number of aromatic nitrogens is 4. The van der Waals surface area contributed by atoms with Gasteiger partial charge >= 0.3 is 0 Å². The van der Waals surface area contributed by atoms with Crippen molar-refractivity contribution in [1.82, 2.24) is 25.1 Å². The van der Waals surface area contributed by atoms with Gasteiger partial charge in [0.05, 0.1) is 24.3 Å². The quantitative estimate of drug-likeness (QED) is 0.361. The maximum absolute atomic E-state index is 6.12. The number of nitrogens with two attached hydrogens (primary N) is 1. The zero-order valence-electron chi connectivity index (χ0n) is 16.7. The van der Waals surface area contributed by atoms with Crippen LogP contribution in [0.3, 0.4) is 0 Å². The fourth-order valence-electron chi connectivity index (χ4n) is 3.98. The van der Waals surface area contributed by atoms with Crippen molar-refractivity contribution in [2.24, 2.45) is 0 Å². The number of rotatable bonds is 4. The summed E-state index contributed by atoms with van der Waals surface area (Å²) in [4.78, 5) is 9.99. The molecule has 0 bridgehead atoms. The summed E-state index contributed by atoms with van der Waals surface area (Å²) in [5, 5.41) is 9.21. The van der Waals surface area contributed by atoms with E-state index >= 15 is 0 Å². The molecule has 0 spiro atoms. The van der Waals surface area contributed by atoms with Crippen molar-refractivity contribution >= 4 is 27.8 Å². The number of hydrogen-bond donors (Lipinski definition) is 3. The van der Waals surface area contributed by atoms with Gasteiger partial charge in [0, 0.05) is 42.7 Å². The van der Waals surface area contributed by atoms with Crippen LogP contribution in [0.2, 0.25) is 0 Å². The van der Waals surface area contributed by atoms with Crippen LogP contribution in [0.4, 0.5) is 5.82 Å². The number of nitrogens with zero attached hydrogens (tertiary/aromatic N) is 3. The Morgan fingerprint density at radius 1 is 1.17 bits per heavy atom. The topological polar surface area (TPSA) is 95.8 Å². The average molecular weight is 400 g/mol. The molecule has 0 atom stereocenters. The second-order valence-corrected chi connectivity index (χ2v) is 7.51. The molecule has 1 saturated heterocycles. The van der Waals surface area contributed by atoms with Crippen molar-refractivity contribution < 1.29 is 4.74 Å². The first kappa shape index (κ1) is 18.7. The van der Waals surface area contributed by atoms with Gasteiger partial charge in [0.25, 0.3) is 0 Å². The van der Waals surface area contributed by atoms with Gasteiger partial charge in [0.2, 0.25) is 0 Å². The second kappa shape index (κ2) is 8.19. The van der Waals surface area contributed by atoms with Crippen molar-refractivity contribution in [3.63, 3.8) is 0 Å². The van der Waals surface area contributed by atoms with Crippen LogP contribution in [-0.4, -0.2) is 57.9 Å². The maximum Gasteiger partial charge on any atom is 0.153 e. The third kappa shape index (κ3) is 3.63. The molecule has 1 fully saturated rings. The van der Waals surface area contributed by atoms with Crippen molar-refractivity contribution in [2.75, 3.05) is 38.6 Å². The standard InChI is InChI=1S/C23H24N6O/c24-22-20-15-17(18-5-7-25-23-19(18)6-8-26-23)14-16(21(20)27-28-22)4-2-1-3-9-29-10-12-30-13-11-29/h5-8,14-15H,1,3,9-13H2,(H,25,26)(H3,24,27,28). The van der Waals surface area contributed by atoms with Crippen LogP contribution in [0.1, 0.15) is 18.4 Å². The van der Waals surface area contributed by atoms with Crippen LogP contribution in [0.15, 0.2) is 36.7 Å². The Labute approximate surface area is 174 Å². The first-order valence-corrected chi connectivity index (χ1v) is 10.3. The lowest BCUT2D eigenvalue weighted by atomic mass is 9.99. The molecule has 5 rings (SSSR count). The molecule has 4 N–H and O–H groups in total. The van der Waals surface area contributed by atoms with E-state index in [1.54, 1.807) is 0 Å². The van der Waals surface area contributed by atoms with Crippen LogP contribution < -0.4 is 5.73 Å². The molecule has 0 radical (unpaired) electrons. The zero-order chi connectivity index (χ0) is 20.3. The van der Waals surface area contributed by atoms with Gasteiger partial charge in [-0.25, -0.2) is 4.98 Å². The highest BCUT2D eigenvalue weighted by molar-refractivity contribution is 6.00. The van der Waals surface area contributed by atoms with Gasteiger partial charge in [-0.05, 0) is 48.4 Å². The molecule has 0 saturated carbocycles. The number of pyridine rings is 1. The molecule has 4 heterocycles. The molecule has 7 heteroatoms. The molecule has 0 unspecified atom stereocenters. The third-order valence-electron chi connectivity index (χ3n) is 5.58. The summed E-state index contributed by atoms with van der Waals surface area (Å²) in [7, 11) is 0. The molecule has 1 aromatic carbocycles. The van der Waals surface area contributed by atoms with Crippen LogP contribution >= 0.6 is 0 Å². The van der Waals surface area contributed by atoms with E-state index in [9.17, 15) is 0 Å². The van der Waals surface area contributed by atoms with E-state index in [0.29, 0.717) is 5.82 Å². The highest BCUT2D eigenvalue weighted by Gasteiger charge is 2.12. The third-order valence-corrected chi connectivity index (χ3v) is 5.58. The van der Waals surface area contributed by atoms with Gasteiger partial charge in [-0.1, -0.05) is 11.8 Å². The number of fused-ring (bicyclic) bond motifs is 2. The number of unbranched alkanes of at least 4 members (excludes halogenated alkanes) is 1. The van der Waals surface area contributed by atoms with Gasteiger partial charge in [0.1, 0.15) is 5.65 Å². The molecule has 7 nitrogen and oxygen atoms in total. The molecule has 0 aliphatic carbocycles. The van der Waals surface area contributed by atoms with Crippen LogP contribution in [0.5, 0.6) is 0 Å². The summed E-state index contributed by atoms with van der Waals surface area (Å²) >= 11 is 0.